The molecule has 3 aromatic rings. The summed E-state index contributed by atoms with van der Waals surface area (Å²) >= 11 is 0. The van der Waals surface area contributed by atoms with E-state index >= 15 is 0 Å². The number of hydrogen-bond acceptors (Lipinski definition) is 8. The van der Waals surface area contributed by atoms with Gasteiger partial charge in [0.2, 0.25) is 11.6 Å². The first kappa shape index (κ1) is 19.2. The number of hydrogen-bond donors (Lipinski definition) is 0. The summed E-state index contributed by atoms with van der Waals surface area (Å²) in [5.74, 6) is -0.0242. The lowest BCUT2D eigenvalue weighted by atomic mass is 10.2. The second-order valence-electron chi connectivity index (χ2n) is 5.47. The van der Waals surface area contributed by atoms with Crippen LogP contribution in [0.1, 0.15) is 16.2 Å². The van der Waals surface area contributed by atoms with Gasteiger partial charge in [-0.05, 0) is 24.3 Å². The maximum Gasteiger partial charge on any atom is 0.341 e. The summed E-state index contributed by atoms with van der Waals surface area (Å²) < 4.78 is 40.0. The predicted octanol–water partition coefficient (Wildman–Crippen LogP) is 3.26. The monoisotopic (exact) mass is 388 g/mol. The van der Waals surface area contributed by atoms with E-state index in [-0.39, 0.29) is 24.0 Å². The van der Waals surface area contributed by atoms with Crippen LogP contribution >= 0.6 is 0 Å². The van der Waals surface area contributed by atoms with Crippen LogP contribution in [0.2, 0.25) is 0 Å². The molecule has 9 heteroatoms. The molecule has 0 saturated heterocycles. The third-order valence-electron chi connectivity index (χ3n) is 3.80. The van der Waals surface area contributed by atoms with Gasteiger partial charge >= 0.3 is 5.97 Å². The first-order chi connectivity index (χ1) is 13.6. The molecule has 0 spiro atoms. The Bertz CT molecular complexity index is 963. The van der Waals surface area contributed by atoms with Crippen LogP contribution in [0.3, 0.4) is 0 Å². The van der Waals surface area contributed by atoms with Crippen molar-refractivity contribution in [3.63, 3.8) is 0 Å². The van der Waals surface area contributed by atoms with Crippen LogP contribution in [0.25, 0.3) is 11.5 Å². The van der Waals surface area contributed by atoms with Gasteiger partial charge < -0.3 is 23.4 Å². The summed E-state index contributed by atoms with van der Waals surface area (Å²) in [6, 6.07) is 8.80. The Kier molecular flexibility index (Phi) is 5.73. The smallest absolute Gasteiger partial charge is 0.341 e. The number of aromatic nitrogens is 2. The molecule has 0 radical (unpaired) electrons. The van der Waals surface area contributed by atoms with Gasteiger partial charge in [0.1, 0.15) is 5.82 Å². The Morgan fingerprint density at radius 1 is 1.04 bits per heavy atom. The molecule has 0 fully saturated rings. The minimum absolute atomic E-state index is 0.0495. The standard InChI is InChI=1S/C19H17FN2O6/c1-24-14-8-11(9-15(25-2)17(14)26-3)18-22-21-16(28-18)10-27-19(23)12-6-4-5-7-13(12)20/h4-9H,10H2,1-3H3. The number of benzene rings is 2. The largest absolute Gasteiger partial charge is 0.493 e. The van der Waals surface area contributed by atoms with E-state index < -0.39 is 11.8 Å². The van der Waals surface area contributed by atoms with Crippen LogP contribution in [-0.2, 0) is 11.3 Å². The Balaban J connectivity index is 1.77. The Hall–Kier alpha value is -3.62. The molecule has 0 saturated carbocycles. The van der Waals surface area contributed by atoms with Gasteiger partial charge in [0.25, 0.3) is 5.89 Å². The van der Waals surface area contributed by atoms with Crippen molar-refractivity contribution in [3.8, 4) is 28.7 Å². The molecule has 0 unspecified atom stereocenters. The van der Waals surface area contributed by atoms with Gasteiger partial charge in [-0.3, -0.25) is 0 Å². The van der Waals surface area contributed by atoms with Crippen molar-refractivity contribution in [2.75, 3.05) is 21.3 Å². The lowest BCUT2D eigenvalue weighted by molar-refractivity contribution is 0.0433. The number of carbonyl (C=O) groups is 1. The molecule has 0 aliphatic rings. The second kappa shape index (κ2) is 8.38. The number of carbonyl (C=O) groups excluding carboxylic acids is 1. The van der Waals surface area contributed by atoms with E-state index in [4.69, 9.17) is 23.4 Å². The first-order valence-electron chi connectivity index (χ1n) is 8.11. The number of rotatable bonds is 7. The van der Waals surface area contributed by atoms with Crippen molar-refractivity contribution in [1.82, 2.24) is 10.2 Å². The summed E-state index contributed by atoms with van der Waals surface area (Å²) in [5, 5.41) is 7.76. The van der Waals surface area contributed by atoms with Crippen molar-refractivity contribution in [1.29, 1.82) is 0 Å². The van der Waals surface area contributed by atoms with Crippen molar-refractivity contribution in [2.45, 2.75) is 6.61 Å². The fraction of sp³-hybridized carbons (Fsp3) is 0.211. The number of ether oxygens (including phenoxy) is 4. The zero-order chi connectivity index (χ0) is 20.1. The van der Waals surface area contributed by atoms with Gasteiger partial charge in [0, 0.05) is 5.56 Å². The topological polar surface area (TPSA) is 92.9 Å². The van der Waals surface area contributed by atoms with Gasteiger partial charge in [0.05, 0.1) is 26.9 Å². The molecule has 0 atom stereocenters. The van der Waals surface area contributed by atoms with Gasteiger partial charge in [-0.2, -0.15) is 0 Å². The molecular weight excluding hydrogens is 371 g/mol. The fourth-order valence-electron chi connectivity index (χ4n) is 2.46. The molecular formula is C19H17FN2O6. The lowest BCUT2D eigenvalue weighted by Gasteiger charge is -2.12. The van der Waals surface area contributed by atoms with Gasteiger partial charge in [-0.15, -0.1) is 10.2 Å². The molecule has 146 valence electrons. The zero-order valence-corrected chi connectivity index (χ0v) is 15.4. The van der Waals surface area contributed by atoms with Crippen LogP contribution < -0.4 is 14.2 Å². The molecule has 8 nitrogen and oxygen atoms in total. The highest BCUT2D eigenvalue weighted by Gasteiger charge is 2.19. The highest BCUT2D eigenvalue weighted by Crippen LogP contribution is 2.40. The van der Waals surface area contributed by atoms with Gasteiger partial charge in [-0.25, -0.2) is 9.18 Å². The first-order valence-corrected chi connectivity index (χ1v) is 8.11. The van der Waals surface area contributed by atoms with Gasteiger partial charge in [-0.1, -0.05) is 12.1 Å². The van der Waals surface area contributed by atoms with Crippen molar-refractivity contribution in [3.05, 3.63) is 53.7 Å². The quantitative estimate of drug-likeness (QED) is 0.570. The number of halogens is 1. The summed E-state index contributed by atoms with van der Waals surface area (Å²) in [5.41, 5.74) is 0.348. The van der Waals surface area contributed by atoms with Crippen LogP contribution in [0.5, 0.6) is 17.2 Å². The molecule has 0 N–H and O–H groups in total. The summed E-state index contributed by atoms with van der Waals surface area (Å²) in [7, 11) is 4.47. The maximum absolute atomic E-state index is 13.6. The number of methoxy groups -OCH3 is 3. The molecule has 0 bridgehead atoms. The molecule has 0 aliphatic carbocycles. The summed E-state index contributed by atoms with van der Waals surface area (Å²) in [6.45, 7) is -0.301. The van der Waals surface area contributed by atoms with E-state index in [0.29, 0.717) is 22.8 Å². The Morgan fingerprint density at radius 2 is 1.71 bits per heavy atom. The molecule has 0 amide bonds. The maximum atomic E-state index is 13.6. The van der Waals surface area contributed by atoms with E-state index in [2.05, 4.69) is 10.2 Å². The van der Waals surface area contributed by atoms with E-state index in [1.807, 2.05) is 0 Å². The second-order valence-corrected chi connectivity index (χ2v) is 5.47. The molecule has 28 heavy (non-hydrogen) atoms. The minimum Gasteiger partial charge on any atom is -0.493 e. The summed E-state index contributed by atoms with van der Waals surface area (Å²) in [4.78, 5) is 12.0. The SMILES string of the molecule is COc1cc(-c2nnc(COC(=O)c3ccccc3F)o2)cc(OC)c1OC. The van der Waals surface area contributed by atoms with Crippen LogP contribution in [0.4, 0.5) is 4.39 Å². The molecule has 2 aromatic carbocycles. The number of esters is 1. The van der Waals surface area contributed by atoms with Crippen molar-refractivity contribution in [2.24, 2.45) is 0 Å². The lowest BCUT2D eigenvalue weighted by Crippen LogP contribution is -2.07. The van der Waals surface area contributed by atoms with Crippen molar-refractivity contribution < 1.29 is 32.5 Å². The highest BCUT2D eigenvalue weighted by atomic mass is 19.1. The Labute approximate surface area is 159 Å². The normalized spacial score (nSPS) is 10.4. The van der Waals surface area contributed by atoms with Crippen molar-refractivity contribution >= 4 is 5.97 Å². The number of nitrogens with zero attached hydrogens (tertiary/aromatic N) is 2. The van der Waals surface area contributed by atoms with Crippen LogP contribution in [0, 0.1) is 5.82 Å². The summed E-state index contributed by atoms with van der Waals surface area (Å²) in [6.07, 6.45) is 0. The third kappa shape index (κ3) is 3.88. The average molecular weight is 388 g/mol. The predicted molar refractivity (Wildman–Crippen MR) is 94.9 cm³/mol. The average Bonchev–Trinajstić information content (AvgIpc) is 3.20. The highest BCUT2D eigenvalue weighted by molar-refractivity contribution is 5.89. The molecule has 1 aromatic heterocycles. The molecule has 0 aliphatic heterocycles. The van der Waals surface area contributed by atoms with E-state index in [1.165, 1.54) is 45.6 Å². The van der Waals surface area contributed by atoms with Crippen LogP contribution in [-0.4, -0.2) is 37.5 Å². The minimum atomic E-state index is -0.828. The third-order valence-corrected chi connectivity index (χ3v) is 3.80. The molecule has 3 rings (SSSR count). The van der Waals surface area contributed by atoms with E-state index in [9.17, 15) is 9.18 Å². The zero-order valence-electron chi connectivity index (χ0n) is 15.4. The van der Waals surface area contributed by atoms with E-state index in [0.717, 1.165) is 0 Å². The van der Waals surface area contributed by atoms with Crippen LogP contribution in [0.15, 0.2) is 40.8 Å². The Morgan fingerprint density at radius 3 is 2.32 bits per heavy atom. The molecule has 1 heterocycles. The fourth-order valence-corrected chi connectivity index (χ4v) is 2.46. The van der Waals surface area contributed by atoms with E-state index in [1.54, 1.807) is 12.1 Å². The van der Waals surface area contributed by atoms with Gasteiger partial charge in [0.15, 0.2) is 18.1 Å².